The first kappa shape index (κ1) is 57.0. The molecule has 1 aliphatic heterocycles. The van der Waals surface area contributed by atoms with Crippen molar-refractivity contribution in [1.29, 1.82) is 0 Å². The summed E-state index contributed by atoms with van der Waals surface area (Å²) in [5, 5.41) is 0. The minimum absolute atomic E-state index is 0. The van der Waals surface area contributed by atoms with Crippen LogP contribution in [0.5, 0.6) is 0 Å². The molecule has 2 aromatic rings. The third-order valence-corrected chi connectivity index (χ3v) is 11.8. The van der Waals surface area contributed by atoms with Gasteiger partial charge < -0.3 is 19.4 Å². The van der Waals surface area contributed by atoms with Gasteiger partial charge in [-0.2, -0.15) is 12.8 Å². The number of rotatable bonds is 29. The van der Waals surface area contributed by atoms with E-state index in [1.165, 1.54) is 167 Å². The quantitative estimate of drug-likeness (QED) is 0.0337. The van der Waals surface area contributed by atoms with Gasteiger partial charge in [-0.3, -0.25) is 0 Å². The Morgan fingerprint density at radius 2 is 0.712 bits per heavy atom. The van der Waals surface area contributed by atoms with Gasteiger partial charge in [0, 0.05) is 22.8 Å². The van der Waals surface area contributed by atoms with E-state index in [0.29, 0.717) is 0 Å². The Labute approximate surface area is 379 Å². The molecule has 0 saturated heterocycles. The molecule has 0 radical (unpaired) electrons. The molecule has 59 heavy (non-hydrogen) atoms. The molecule has 3 rings (SSSR count). The van der Waals surface area contributed by atoms with Crippen molar-refractivity contribution in [3.05, 3.63) is 99.8 Å². The van der Waals surface area contributed by atoms with E-state index in [1.807, 2.05) is 0 Å². The SMILES string of the molecule is CCCCCc1cc(C2=CC(CCCC)=C(c3cc(CCCCC)c(CCCC)c(CCCCC)c3)[N+]2=[N-])cc(CCCCC)c1CCCC.[CH2-]CCC.[CH2-]CCC.[Ni+2]. The van der Waals surface area contributed by atoms with Gasteiger partial charge in [0.25, 0.3) is 0 Å². The third-order valence-electron chi connectivity index (χ3n) is 11.8. The van der Waals surface area contributed by atoms with E-state index >= 15 is 0 Å². The van der Waals surface area contributed by atoms with Crippen molar-refractivity contribution < 1.29 is 21.2 Å². The van der Waals surface area contributed by atoms with Crippen LogP contribution in [0.2, 0.25) is 0 Å². The van der Waals surface area contributed by atoms with Gasteiger partial charge in [-0.05, 0) is 148 Å². The molecule has 2 aromatic carbocycles. The first-order chi connectivity index (χ1) is 28.3. The molecule has 1 aliphatic rings. The van der Waals surface area contributed by atoms with Crippen molar-refractivity contribution in [2.45, 2.75) is 249 Å². The topological polar surface area (TPSA) is 25.3 Å². The van der Waals surface area contributed by atoms with Crippen molar-refractivity contribution in [3.63, 3.8) is 0 Å². The molecule has 0 aromatic heterocycles. The van der Waals surface area contributed by atoms with Crippen LogP contribution < -0.4 is 0 Å². The van der Waals surface area contributed by atoms with Gasteiger partial charge >= 0.3 is 16.5 Å². The number of nitrogens with zero attached hydrogens (tertiary/aromatic N) is 2. The van der Waals surface area contributed by atoms with Gasteiger partial charge in [0.15, 0.2) is 0 Å². The maximum Gasteiger partial charge on any atom is 2.00 e. The Morgan fingerprint density at radius 1 is 0.407 bits per heavy atom. The fraction of sp³-hybridized carbons (Fsp3) is 0.679. The number of hydrogen-bond acceptors (Lipinski definition) is 0. The fourth-order valence-electron chi connectivity index (χ4n) is 8.01. The Bertz CT molecular complexity index is 1380. The zero-order valence-corrected chi connectivity index (χ0v) is 41.5. The van der Waals surface area contributed by atoms with Gasteiger partial charge in [-0.15, -0.1) is 0 Å². The normalized spacial score (nSPS) is 12.2. The van der Waals surface area contributed by atoms with Crippen LogP contribution in [0.1, 0.15) is 255 Å². The first-order valence-electron chi connectivity index (χ1n) is 25.1. The smallest absolute Gasteiger partial charge is 0.493 e. The van der Waals surface area contributed by atoms with E-state index in [-0.39, 0.29) is 16.5 Å². The average molecular weight is 854 g/mol. The summed E-state index contributed by atoms with van der Waals surface area (Å²) >= 11 is 0. The predicted octanol–water partition coefficient (Wildman–Crippen LogP) is 18.5. The summed E-state index contributed by atoms with van der Waals surface area (Å²) in [4.78, 5) is 0. The summed E-state index contributed by atoms with van der Waals surface area (Å²) in [5.74, 6) is 0. The van der Waals surface area contributed by atoms with E-state index in [2.05, 4.69) is 107 Å². The Balaban J connectivity index is 0.00000341. The zero-order chi connectivity index (χ0) is 43.0. The second kappa shape index (κ2) is 36.6. The number of unbranched alkanes of at least 4 members (excludes halogenated alkanes) is 13. The van der Waals surface area contributed by atoms with Gasteiger partial charge in [0.1, 0.15) is 0 Å². The summed E-state index contributed by atoms with van der Waals surface area (Å²) in [6.45, 7) is 27.6. The molecule has 0 fully saturated rings. The first-order valence-corrected chi connectivity index (χ1v) is 25.1. The molecular weight excluding hydrogens is 759 g/mol. The predicted molar refractivity (Wildman–Crippen MR) is 262 cm³/mol. The average Bonchev–Trinajstić information content (AvgIpc) is 3.57. The van der Waals surface area contributed by atoms with Crippen molar-refractivity contribution in [3.8, 4) is 0 Å². The number of aryl methyl sites for hydroxylation is 4. The number of benzene rings is 2. The molecule has 0 spiro atoms. The van der Waals surface area contributed by atoms with Gasteiger partial charge in [-0.25, -0.2) is 4.70 Å². The summed E-state index contributed by atoms with van der Waals surface area (Å²) in [6.07, 6.45) is 37.2. The van der Waals surface area contributed by atoms with Crippen LogP contribution in [0.4, 0.5) is 0 Å². The molecule has 3 heteroatoms. The second-order valence-electron chi connectivity index (χ2n) is 17.1. The van der Waals surface area contributed by atoms with E-state index in [0.717, 1.165) is 69.2 Å². The van der Waals surface area contributed by atoms with E-state index < -0.39 is 0 Å². The van der Waals surface area contributed by atoms with Crippen LogP contribution in [0.15, 0.2) is 35.9 Å². The Hall–Kier alpha value is -1.99. The maximum atomic E-state index is 12.4. The number of allylic oxidation sites excluding steroid dienone is 2. The van der Waals surface area contributed by atoms with Crippen molar-refractivity contribution in [2.24, 2.45) is 0 Å². The van der Waals surface area contributed by atoms with E-state index in [4.69, 9.17) is 0 Å². The number of hydrogen-bond donors (Lipinski definition) is 0. The molecule has 0 aliphatic carbocycles. The molecule has 2 nitrogen and oxygen atoms in total. The second-order valence-corrected chi connectivity index (χ2v) is 17.1. The molecule has 338 valence electrons. The summed E-state index contributed by atoms with van der Waals surface area (Å²) in [6, 6.07) is 9.93. The molecule has 1 heterocycles. The molecule has 0 N–H and O–H groups in total. The van der Waals surface area contributed by atoms with Crippen molar-refractivity contribution in [1.82, 2.24) is 0 Å². The minimum Gasteiger partial charge on any atom is -0.493 e. The molecule has 0 unspecified atom stereocenters. The Morgan fingerprint density at radius 3 is 1.02 bits per heavy atom. The largest absolute Gasteiger partial charge is 2.00 e. The molecule has 0 amide bonds. The minimum atomic E-state index is 0. The van der Waals surface area contributed by atoms with Crippen molar-refractivity contribution in [2.75, 3.05) is 0 Å². The standard InChI is InChI=1S/C48H76N2.2C4H9.Ni/c1-8-15-22-27-38-33-43(34-39(28-23-16-9-2)45(38)31-20-13-6)47-37-42(26-19-12-5)48(50(47)49)44-35-40(29-24-17-10-3)46(32-21-14-7)41(36-44)30-25-18-11-4;2*1-3-4-2;/h33-37H,8-32H2,1-7H3;2*1,3-4H2,2H3;/q;2*-1;+2. The third kappa shape index (κ3) is 21.1. The van der Waals surface area contributed by atoms with E-state index in [9.17, 15) is 5.53 Å². The van der Waals surface area contributed by atoms with Crippen LogP contribution in [-0.2, 0) is 55.0 Å². The summed E-state index contributed by atoms with van der Waals surface area (Å²) in [7, 11) is 0. The fourth-order valence-corrected chi connectivity index (χ4v) is 8.01. The Kier molecular flexibility index (Phi) is 35.4. The monoisotopic (exact) mass is 853 g/mol. The van der Waals surface area contributed by atoms with Gasteiger partial charge in [-0.1, -0.05) is 146 Å². The van der Waals surface area contributed by atoms with Crippen LogP contribution in [0.3, 0.4) is 0 Å². The molecule has 0 atom stereocenters. The van der Waals surface area contributed by atoms with Crippen LogP contribution in [-0.4, -0.2) is 4.70 Å². The van der Waals surface area contributed by atoms with E-state index in [1.54, 1.807) is 15.8 Å². The molecular formula is C56H94N2Ni. The molecule has 0 bridgehead atoms. The zero-order valence-electron chi connectivity index (χ0n) is 40.5. The summed E-state index contributed by atoms with van der Waals surface area (Å²) < 4.78 is 1.62. The van der Waals surface area contributed by atoms with Crippen LogP contribution in [0, 0.1) is 13.8 Å². The van der Waals surface area contributed by atoms with Crippen LogP contribution >= 0.6 is 0 Å². The van der Waals surface area contributed by atoms with Crippen LogP contribution in [0.25, 0.3) is 16.9 Å². The maximum absolute atomic E-state index is 12.4. The summed E-state index contributed by atoms with van der Waals surface area (Å²) in [5.41, 5.74) is 27.5. The van der Waals surface area contributed by atoms with Gasteiger partial charge in [0.2, 0.25) is 11.4 Å². The van der Waals surface area contributed by atoms with Crippen molar-refractivity contribution >= 4 is 11.4 Å². The van der Waals surface area contributed by atoms with Gasteiger partial charge in [0.05, 0.1) is 0 Å². The molecule has 0 saturated carbocycles.